The van der Waals surface area contributed by atoms with Crippen molar-refractivity contribution in [2.45, 2.75) is 6.42 Å². The molecule has 3 N–H and O–H groups in total. The third-order valence-corrected chi connectivity index (χ3v) is 3.91. The van der Waals surface area contributed by atoms with E-state index in [-0.39, 0.29) is 17.2 Å². The number of benzene rings is 1. The van der Waals surface area contributed by atoms with Crippen LogP contribution in [0.5, 0.6) is 0 Å². The Balaban J connectivity index is 1.65. The second kappa shape index (κ2) is 7.16. The molecule has 0 spiro atoms. The SMILES string of the molecule is O=C(NCCc1ccc(=O)[nH]c1)c1cc(N2CCNC2=O)ccc1F. The summed E-state index contributed by atoms with van der Waals surface area (Å²) in [4.78, 5) is 38.9. The minimum absolute atomic E-state index is 0.112. The maximum Gasteiger partial charge on any atom is 0.321 e. The van der Waals surface area contributed by atoms with Crippen molar-refractivity contribution in [2.24, 2.45) is 0 Å². The molecule has 0 unspecified atom stereocenters. The highest BCUT2D eigenvalue weighted by Gasteiger charge is 2.23. The van der Waals surface area contributed by atoms with Gasteiger partial charge >= 0.3 is 6.03 Å². The molecular weight excluding hydrogens is 327 g/mol. The molecule has 0 radical (unpaired) electrons. The maximum absolute atomic E-state index is 14.0. The Morgan fingerprint density at radius 2 is 2.08 bits per heavy atom. The van der Waals surface area contributed by atoms with Gasteiger partial charge in [-0.1, -0.05) is 6.07 Å². The molecule has 3 rings (SSSR count). The molecule has 1 aliphatic rings. The first-order valence-electron chi connectivity index (χ1n) is 7.85. The van der Waals surface area contributed by atoms with Gasteiger partial charge in [0.2, 0.25) is 5.56 Å². The number of aromatic nitrogens is 1. The fourth-order valence-electron chi connectivity index (χ4n) is 2.59. The highest BCUT2D eigenvalue weighted by molar-refractivity contribution is 5.98. The molecule has 1 aliphatic heterocycles. The van der Waals surface area contributed by atoms with Gasteiger partial charge in [0.05, 0.1) is 5.56 Å². The molecule has 7 nitrogen and oxygen atoms in total. The summed E-state index contributed by atoms with van der Waals surface area (Å²) in [5.74, 6) is -1.20. The number of amides is 3. The topological polar surface area (TPSA) is 94.3 Å². The predicted octanol–water partition coefficient (Wildman–Crippen LogP) is 1.02. The molecule has 0 aliphatic carbocycles. The predicted molar refractivity (Wildman–Crippen MR) is 90.2 cm³/mol. The number of aromatic amines is 1. The molecule has 2 heterocycles. The number of hydrogen-bond donors (Lipinski definition) is 3. The van der Waals surface area contributed by atoms with Crippen LogP contribution >= 0.6 is 0 Å². The molecule has 0 atom stereocenters. The van der Waals surface area contributed by atoms with Crippen molar-refractivity contribution in [1.29, 1.82) is 0 Å². The molecule has 0 saturated carbocycles. The van der Waals surface area contributed by atoms with Crippen molar-refractivity contribution in [3.8, 4) is 0 Å². The molecule has 25 heavy (non-hydrogen) atoms. The molecule has 3 amide bonds. The summed E-state index contributed by atoms with van der Waals surface area (Å²) in [6.45, 7) is 1.27. The number of carbonyl (C=O) groups is 2. The van der Waals surface area contributed by atoms with E-state index in [0.29, 0.717) is 31.7 Å². The van der Waals surface area contributed by atoms with Gasteiger partial charge in [0.1, 0.15) is 5.82 Å². The Hall–Kier alpha value is -3.16. The average Bonchev–Trinajstić information content (AvgIpc) is 3.03. The Kier molecular flexibility index (Phi) is 4.78. The van der Waals surface area contributed by atoms with Crippen LogP contribution < -0.4 is 21.1 Å². The summed E-state index contributed by atoms with van der Waals surface area (Å²) in [6.07, 6.45) is 2.07. The quantitative estimate of drug-likeness (QED) is 0.756. The minimum atomic E-state index is -0.648. The van der Waals surface area contributed by atoms with Crippen LogP contribution in [0.25, 0.3) is 0 Å². The normalized spacial score (nSPS) is 13.6. The fourth-order valence-corrected chi connectivity index (χ4v) is 2.59. The Bertz CT molecular complexity index is 845. The van der Waals surface area contributed by atoms with Gasteiger partial charge in [-0.05, 0) is 30.2 Å². The lowest BCUT2D eigenvalue weighted by molar-refractivity contribution is 0.0950. The summed E-state index contributed by atoms with van der Waals surface area (Å²) < 4.78 is 14.0. The average molecular weight is 344 g/mol. The first-order chi connectivity index (χ1) is 12.0. The Morgan fingerprint density at radius 1 is 1.24 bits per heavy atom. The third kappa shape index (κ3) is 3.85. The zero-order chi connectivity index (χ0) is 17.8. The van der Waals surface area contributed by atoms with Crippen LogP contribution in [0, 0.1) is 5.82 Å². The van der Waals surface area contributed by atoms with Crippen LogP contribution in [0.3, 0.4) is 0 Å². The van der Waals surface area contributed by atoms with Gasteiger partial charge in [0, 0.05) is 37.6 Å². The smallest absolute Gasteiger partial charge is 0.321 e. The van der Waals surface area contributed by atoms with Gasteiger partial charge in [-0.3, -0.25) is 14.5 Å². The lowest BCUT2D eigenvalue weighted by Gasteiger charge is -2.15. The number of H-pyrrole nitrogens is 1. The van der Waals surface area contributed by atoms with Gasteiger partial charge < -0.3 is 15.6 Å². The van der Waals surface area contributed by atoms with Crippen LogP contribution in [0.4, 0.5) is 14.9 Å². The van der Waals surface area contributed by atoms with Crippen molar-refractivity contribution in [3.63, 3.8) is 0 Å². The van der Waals surface area contributed by atoms with E-state index in [1.807, 2.05) is 0 Å². The summed E-state index contributed by atoms with van der Waals surface area (Å²) in [5, 5.41) is 5.30. The van der Waals surface area contributed by atoms with Gasteiger partial charge in [0.25, 0.3) is 5.91 Å². The van der Waals surface area contributed by atoms with E-state index in [1.54, 1.807) is 12.3 Å². The molecular formula is C17H17FN4O3. The molecule has 1 fully saturated rings. The van der Waals surface area contributed by atoms with Gasteiger partial charge in [-0.2, -0.15) is 0 Å². The number of carbonyl (C=O) groups excluding carboxylic acids is 2. The van der Waals surface area contributed by atoms with E-state index in [0.717, 1.165) is 5.56 Å². The molecule has 0 bridgehead atoms. The van der Waals surface area contributed by atoms with E-state index in [1.165, 1.54) is 29.2 Å². The van der Waals surface area contributed by atoms with Crippen LogP contribution in [0.15, 0.2) is 41.3 Å². The second-order valence-electron chi connectivity index (χ2n) is 5.61. The van der Waals surface area contributed by atoms with Crippen molar-refractivity contribution < 1.29 is 14.0 Å². The van der Waals surface area contributed by atoms with Crippen molar-refractivity contribution in [1.82, 2.24) is 15.6 Å². The second-order valence-corrected chi connectivity index (χ2v) is 5.61. The van der Waals surface area contributed by atoms with Crippen molar-refractivity contribution >= 4 is 17.6 Å². The molecule has 1 aromatic heterocycles. The van der Waals surface area contributed by atoms with E-state index in [9.17, 15) is 18.8 Å². The largest absolute Gasteiger partial charge is 0.352 e. The number of halogens is 1. The number of nitrogens with one attached hydrogen (secondary N) is 3. The number of pyridine rings is 1. The zero-order valence-corrected chi connectivity index (χ0v) is 13.3. The fraction of sp³-hybridized carbons (Fsp3) is 0.235. The zero-order valence-electron chi connectivity index (χ0n) is 13.3. The van der Waals surface area contributed by atoms with Crippen molar-refractivity contribution in [2.75, 3.05) is 24.5 Å². The summed E-state index contributed by atoms with van der Waals surface area (Å²) in [6, 6.07) is 6.82. The minimum Gasteiger partial charge on any atom is -0.352 e. The maximum atomic E-state index is 14.0. The molecule has 1 aromatic carbocycles. The van der Waals surface area contributed by atoms with Crippen LogP contribution in [0.1, 0.15) is 15.9 Å². The monoisotopic (exact) mass is 344 g/mol. The number of hydrogen-bond acceptors (Lipinski definition) is 3. The van der Waals surface area contributed by atoms with Gasteiger partial charge in [-0.15, -0.1) is 0 Å². The lowest BCUT2D eigenvalue weighted by Crippen LogP contribution is -2.29. The Morgan fingerprint density at radius 3 is 2.76 bits per heavy atom. The number of urea groups is 1. The molecule has 8 heteroatoms. The third-order valence-electron chi connectivity index (χ3n) is 3.91. The molecule has 130 valence electrons. The highest BCUT2D eigenvalue weighted by Crippen LogP contribution is 2.20. The Labute approximate surface area is 142 Å². The van der Waals surface area contributed by atoms with Gasteiger partial charge in [-0.25, -0.2) is 9.18 Å². The van der Waals surface area contributed by atoms with Gasteiger partial charge in [0.15, 0.2) is 0 Å². The number of rotatable bonds is 5. The number of anilines is 1. The van der Waals surface area contributed by atoms with Crippen LogP contribution in [-0.4, -0.2) is 36.6 Å². The molecule has 2 aromatic rings. The first kappa shape index (κ1) is 16.7. The first-order valence-corrected chi connectivity index (χ1v) is 7.85. The highest BCUT2D eigenvalue weighted by atomic mass is 19.1. The van der Waals surface area contributed by atoms with Crippen molar-refractivity contribution in [3.05, 3.63) is 63.8 Å². The standard InChI is InChI=1S/C17H17FN4O3/c18-14-3-2-12(22-8-7-20-17(22)25)9-13(14)16(24)19-6-5-11-1-4-15(23)21-10-11/h1-4,9-10H,5-8H2,(H,19,24)(H,20,25)(H,21,23). The van der Waals surface area contributed by atoms with Crippen LogP contribution in [0.2, 0.25) is 0 Å². The summed E-state index contributed by atoms with van der Waals surface area (Å²) >= 11 is 0. The summed E-state index contributed by atoms with van der Waals surface area (Å²) in [5.41, 5.74) is 1.02. The molecule has 1 saturated heterocycles. The van der Waals surface area contributed by atoms with Crippen LogP contribution in [-0.2, 0) is 6.42 Å². The lowest BCUT2D eigenvalue weighted by atomic mass is 10.1. The summed E-state index contributed by atoms with van der Waals surface area (Å²) in [7, 11) is 0. The van der Waals surface area contributed by atoms with E-state index in [4.69, 9.17) is 0 Å². The van der Waals surface area contributed by atoms with E-state index >= 15 is 0 Å². The van der Waals surface area contributed by atoms with E-state index in [2.05, 4.69) is 15.6 Å². The number of nitrogens with zero attached hydrogens (tertiary/aromatic N) is 1. The van der Waals surface area contributed by atoms with E-state index < -0.39 is 11.7 Å².